The van der Waals surface area contributed by atoms with Crippen LogP contribution >= 0.6 is 0 Å². The van der Waals surface area contributed by atoms with Crippen LogP contribution in [0.5, 0.6) is 5.75 Å². The number of fused-ring (bicyclic) bond motifs is 1. The van der Waals surface area contributed by atoms with Crippen LogP contribution in [0.15, 0.2) is 18.3 Å². The van der Waals surface area contributed by atoms with E-state index in [1.54, 1.807) is 36.9 Å². The first-order valence-corrected chi connectivity index (χ1v) is 5.10. The summed E-state index contributed by atoms with van der Waals surface area (Å²) in [5, 5.41) is 12.0. The Hall–Kier alpha value is -2.08. The Morgan fingerprint density at radius 1 is 1.59 bits per heavy atom. The minimum Gasteiger partial charge on any atom is -0.495 e. The van der Waals surface area contributed by atoms with E-state index in [2.05, 4.69) is 10.3 Å². The summed E-state index contributed by atoms with van der Waals surface area (Å²) in [6.07, 6.45) is 1.72. The number of rotatable bonds is 4. The normalized spacial score (nSPS) is 10.7. The number of ether oxygens (including phenoxy) is 1. The quantitative estimate of drug-likeness (QED) is 0.818. The number of carbonyl (C=O) groups is 1. The van der Waals surface area contributed by atoms with Gasteiger partial charge in [-0.15, -0.1) is 0 Å². The predicted octanol–water partition coefficient (Wildman–Crippen LogP) is 0.761. The smallest absolute Gasteiger partial charge is 0.356 e. The number of carboxylic acids is 1. The lowest BCUT2D eigenvalue weighted by Gasteiger charge is -2.03. The van der Waals surface area contributed by atoms with Crippen LogP contribution in [0.4, 0.5) is 0 Å². The van der Waals surface area contributed by atoms with E-state index in [0.717, 1.165) is 0 Å². The Bertz CT molecular complexity index is 562. The van der Waals surface area contributed by atoms with Gasteiger partial charge in [-0.3, -0.25) is 4.40 Å². The number of nitrogens with zero attached hydrogens (tertiary/aromatic N) is 2. The van der Waals surface area contributed by atoms with E-state index in [9.17, 15) is 4.79 Å². The monoisotopic (exact) mass is 235 g/mol. The summed E-state index contributed by atoms with van der Waals surface area (Å²) in [6, 6.07) is 3.40. The van der Waals surface area contributed by atoms with Crippen molar-refractivity contribution in [2.75, 3.05) is 14.2 Å². The fourth-order valence-corrected chi connectivity index (χ4v) is 1.69. The molecule has 0 aliphatic rings. The molecule has 0 saturated heterocycles. The molecule has 0 aliphatic heterocycles. The molecule has 17 heavy (non-hydrogen) atoms. The number of pyridine rings is 1. The predicted molar refractivity (Wildman–Crippen MR) is 61.5 cm³/mol. The van der Waals surface area contributed by atoms with Crippen molar-refractivity contribution in [2.24, 2.45) is 0 Å². The lowest BCUT2D eigenvalue weighted by molar-refractivity contribution is 0.0693. The summed E-state index contributed by atoms with van der Waals surface area (Å²) in [6.45, 7) is 0.488. The van der Waals surface area contributed by atoms with Gasteiger partial charge < -0.3 is 15.2 Å². The molecule has 90 valence electrons. The topological polar surface area (TPSA) is 75.9 Å². The van der Waals surface area contributed by atoms with Crippen LogP contribution in [0.1, 0.15) is 16.3 Å². The van der Waals surface area contributed by atoms with Gasteiger partial charge in [0.2, 0.25) is 0 Å². The number of methoxy groups -OCH3 is 1. The Morgan fingerprint density at radius 3 is 2.94 bits per heavy atom. The third-order valence-electron chi connectivity index (χ3n) is 2.46. The molecule has 0 unspecified atom stereocenters. The number of nitrogens with one attached hydrogen (secondary N) is 1. The molecular formula is C11H13N3O3. The van der Waals surface area contributed by atoms with Gasteiger partial charge in [-0.2, -0.15) is 0 Å². The molecule has 2 aromatic rings. The van der Waals surface area contributed by atoms with Gasteiger partial charge in [0.15, 0.2) is 5.69 Å². The summed E-state index contributed by atoms with van der Waals surface area (Å²) in [4.78, 5) is 15.2. The Labute approximate surface area is 97.8 Å². The maximum absolute atomic E-state index is 11.1. The largest absolute Gasteiger partial charge is 0.495 e. The van der Waals surface area contributed by atoms with Crippen LogP contribution in [0.25, 0.3) is 5.52 Å². The van der Waals surface area contributed by atoms with Crippen LogP contribution in [-0.2, 0) is 6.54 Å². The molecule has 0 radical (unpaired) electrons. The molecule has 6 heteroatoms. The highest BCUT2D eigenvalue weighted by Gasteiger charge is 2.16. The summed E-state index contributed by atoms with van der Waals surface area (Å²) >= 11 is 0. The van der Waals surface area contributed by atoms with E-state index >= 15 is 0 Å². The van der Waals surface area contributed by atoms with Crippen molar-refractivity contribution >= 4 is 11.5 Å². The third-order valence-corrected chi connectivity index (χ3v) is 2.46. The van der Waals surface area contributed by atoms with Crippen LogP contribution in [0.3, 0.4) is 0 Å². The molecule has 2 heterocycles. The van der Waals surface area contributed by atoms with Gasteiger partial charge in [-0.1, -0.05) is 0 Å². The van der Waals surface area contributed by atoms with Crippen LogP contribution in [-0.4, -0.2) is 34.6 Å². The maximum Gasteiger partial charge on any atom is 0.356 e. The summed E-state index contributed by atoms with van der Waals surface area (Å²) < 4.78 is 6.83. The highest BCUT2D eigenvalue weighted by molar-refractivity contribution is 5.93. The molecule has 6 nitrogen and oxygen atoms in total. The van der Waals surface area contributed by atoms with Gasteiger partial charge >= 0.3 is 5.97 Å². The zero-order valence-electron chi connectivity index (χ0n) is 9.60. The van der Waals surface area contributed by atoms with Gasteiger partial charge in [0.05, 0.1) is 25.4 Å². The van der Waals surface area contributed by atoms with Crippen molar-refractivity contribution in [1.29, 1.82) is 0 Å². The molecule has 0 saturated carbocycles. The van der Waals surface area contributed by atoms with Crippen LogP contribution in [0, 0.1) is 0 Å². The molecule has 0 aliphatic carbocycles. The van der Waals surface area contributed by atoms with Crippen LogP contribution in [0.2, 0.25) is 0 Å². The number of imidazole rings is 1. The molecule has 2 aromatic heterocycles. The molecule has 0 fully saturated rings. The summed E-state index contributed by atoms with van der Waals surface area (Å²) in [5.74, 6) is 0.262. The van der Waals surface area contributed by atoms with E-state index < -0.39 is 5.97 Å². The third kappa shape index (κ3) is 1.94. The molecule has 0 bridgehead atoms. The molecule has 0 aromatic carbocycles. The number of hydrogen-bond acceptors (Lipinski definition) is 4. The van der Waals surface area contributed by atoms with Gasteiger partial charge in [0.1, 0.15) is 11.6 Å². The maximum atomic E-state index is 11.1. The van der Waals surface area contributed by atoms with E-state index in [1.807, 2.05) is 0 Å². The van der Waals surface area contributed by atoms with E-state index in [4.69, 9.17) is 9.84 Å². The Kier molecular flexibility index (Phi) is 2.97. The highest BCUT2D eigenvalue weighted by Crippen LogP contribution is 2.18. The minimum absolute atomic E-state index is 0.0536. The average molecular weight is 235 g/mol. The van der Waals surface area contributed by atoms with E-state index in [-0.39, 0.29) is 5.69 Å². The van der Waals surface area contributed by atoms with Crippen molar-refractivity contribution in [2.45, 2.75) is 6.54 Å². The van der Waals surface area contributed by atoms with Crippen molar-refractivity contribution in [3.8, 4) is 5.75 Å². The fraction of sp³-hybridized carbons (Fsp3) is 0.273. The van der Waals surface area contributed by atoms with Gasteiger partial charge in [0.25, 0.3) is 0 Å². The Morgan fingerprint density at radius 2 is 2.35 bits per heavy atom. The molecular weight excluding hydrogens is 222 g/mol. The second kappa shape index (κ2) is 4.42. The van der Waals surface area contributed by atoms with E-state index in [1.165, 1.54) is 0 Å². The van der Waals surface area contributed by atoms with Crippen molar-refractivity contribution in [1.82, 2.24) is 14.7 Å². The van der Waals surface area contributed by atoms with Crippen LogP contribution < -0.4 is 10.1 Å². The second-order valence-corrected chi connectivity index (χ2v) is 3.54. The van der Waals surface area contributed by atoms with Crippen molar-refractivity contribution in [3.05, 3.63) is 29.8 Å². The zero-order chi connectivity index (χ0) is 12.4. The van der Waals surface area contributed by atoms with Gasteiger partial charge in [-0.25, -0.2) is 9.78 Å². The molecule has 0 atom stereocenters. The number of aromatic carboxylic acids is 1. The molecule has 2 N–H and O–H groups in total. The van der Waals surface area contributed by atoms with Crippen molar-refractivity contribution < 1.29 is 14.6 Å². The zero-order valence-corrected chi connectivity index (χ0v) is 9.60. The lowest BCUT2D eigenvalue weighted by Crippen LogP contribution is -2.09. The van der Waals surface area contributed by atoms with Gasteiger partial charge in [-0.05, 0) is 19.2 Å². The molecule has 2 rings (SSSR count). The lowest BCUT2D eigenvalue weighted by atomic mass is 10.3. The van der Waals surface area contributed by atoms with Gasteiger partial charge in [0, 0.05) is 0 Å². The first kappa shape index (κ1) is 11.4. The Balaban J connectivity index is 2.67. The second-order valence-electron chi connectivity index (χ2n) is 3.54. The number of aromatic nitrogens is 2. The fourth-order valence-electron chi connectivity index (χ4n) is 1.69. The van der Waals surface area contributed by atoms with E-state index in [0.29, 0.717) is 23.6 Å². The SMILES string of the molecule is CNCc1nc(C(=O)O)c2ccc(OC)cn12. The number of carboxylic acid groups (broad SMARTS) is 1. The summed E-state index contributed by atoms with van der Waals surface area (Å²) in [7, 11) is 3.34. The molecule has 0 amide bonds. The van der Waals surface area contributed by atoms with Crippen molar-refractivity contribution in [3.63, 3.8) is 0 Å². The summed E-state index contributed by atoms with van der Waals surface area (Å²) in [5.41, 5.74) is 0.612. The molecule has 0 spiro atoms. The standard InChI is InChI=1S/C11H13N3O3/c1-12-5-9-13-10(11(15)16)8-4-3-7(17-2)6-14(8)9/h3-4,6,12H,5H2,1-2H3,(H,15,16). The minimum atomic E-state index is -1.03. The number of hydrogen-bond donors (Lipinski definition) is 2. The first-order chi connectivity index (χ1) is 8.17. The highest BCUT2D eigenvalue weighted by atomic mass is 16.5. The first-order valence-electron chi connectivity index (χ1n) is 5.10. The average Bonchev–Trinajstić information content (AvgIpc) is 2.68.